The van der Waals surface area contributed by atoms with Gasteiger partial charge in [-0.2, -0.15) is 0 Å². The van der Waals surface area contributed by atoms with Gasteiger partial charge in [0, 0.05) is 7.05 Å². The van der Waals surface area contributed by atoms with Gasteiger partial charge in [-0.25, -0.2) is 4.98 Å². The van der Waals surface area contributed by atoms with Crippen LogP contribution in [-0.2, 0) is 7.05 Å². The van der Waals surface area contributed by atoms with E-state index in [2.05, 4.69) is 23.5 Å². The number of aryl methyl sites for hydroxylation is 1. The molecule has 1 aromatic heterocycles. The Balaban J connectivity index is 2.63. The summed E-state index contributed by atoms with van der Waals surface area (Å²) in [5, 5.41) is 1.27. The lowest BCUT2D eigenvalue weighted by Gasteiger charge is -2.00. The van der Waals surface area contributed by atoms with Crippen LogP contribution in [0.2, 0.25) is 0 Å². The molecule has 1 aromatic rings. The zero-order valence-corrected chi connectivity index (χ0v) is 8.11. The molecule has 0 spiro atoms. The number of hydrogen-bond donors (Lipinski definition) is 0. The lowest BCUT2D eigenvalue weighted by atomic mass is 10.6. The van der Waals surface area contributed by atoms with Crippen LogP contribution in [-0.4, -0.2) is 15.3 Å². The fourth-order valence-electron chi connectivity index (χ4n) is 0.822. The first kappa shape index (κ1) is 8.65. The Hall–Kier alpha value is -0.440. The highest BCUT2D eigenvalue weighted by atomic mass is 32.2. The summed E-state index contributed by atoms with van der Waals surface area (Å²) in [4.78, 5) is 4.21. The predicted molar refractivity (Wildman–Crippen MR) is 49.0 cm³/mol. The second kappa shape index (κ2) is 3.81. The molecule has 0 unspecified atom stereocenters. The summed E-state index contributed by atoms with van der Waals surface area (Å²) in [5.74, 6) is 2.27. The maximum atomic E-state index is 4.21. The lowest BCUT2D eigenvalue weighted by Crippen LogP contribution is -1.92. The van der Waals surface area contributed by atoms with E-state index in [1.54, 1.807) is 0 Å². The number of hydrogen-bond acceptors (Lipinski definition) is 2. The Bertz CT molecular complexity index is 230. The Morgan fingerprint density at radius 1 is 1.64 bits per heavy atom. The van der Waals surface area contributed by atoms with Crippen LogP contribution in [0.25, 0.3) is 0 Å². The number of rotatable bonds is 3. The second-order valence-electron chi connectivity index (χ2n) is 2.55. The van der Waals surface area contributed by atoms with E-state index >= 15 is 0 Å². The van der Waals surface area contributed by atoms with Crippen molar-refractivity contribution in [2.45, 2.75) is 25.3 Å². The molecule has 0 aromatic carbocycles. The minimum absolute atomic E-state index is 1.09. The molecule has 2 nitrogen and oxygen atoms in total. The van der Waals surface area contributed by atoms with E-state index in [1.807, 2.05) is 24.9 Å². The van der Waals surface area contributed by atoms with E-state index in [9.17, 15) is 0 Å². The average molecular weight is 170 g/mol. The van der Waals surface area contributed by atoms with Crippen molar-refractivity contribution in [1.82, 2.24) is 9.55 Å². The van der Waals surface area contributed by atoms with Crippen molar-refractivity contribution in [2.75, 3.05) is 5.75 Å². The van der Waals surface area contributed by atoms with Crippen LogP contribution in [0.5, 0.6) is 0 Å². The van der Waals surface area contributed by atoms with Crippen molar-refractivity contribution < 1.29 is 0 Å². The van der Waals surface area contributed by atoms with E-state index < -0.39 is 0 Å². The second-order valence-corrected chi connectivity index (χ2v) is 3.67. The predicted octanol–water partition coefficient (Wildman–Crippen LogP) is 2.23. The fraction of sp³-hybridized carbons (Fsp3) is 0.625. The van der Waals surface area contributed by atoms with Gasteiger partial charge in [-0.15, -0.1) is 11.8 Å². The molecule has 0 aliphatic carbocycles. The first-order valence-corrected chi connectivity index (χ1v) is 4.85. The highest BCUT2D eigenvalue weighted by Crippen LogP contribution is 2.18. The topological polar surface area (TPSA) is 17.8 Å². The van der Waals surface area contributed by atoms with Gasteiger partial charge in [0.1, 0.15) is 5.82 Å². The highest BCUT2D eigenvalue weighted by molar-refractivity contribution is 7.99. The molecule has 0 saturated carbocycles. The number of thioether (sulfide) groups is 1. The summed E-state index contributed by atoms with van der Waals surface area (Å²) in [6.07, 6.45) is 3.16. The maximum absolute atomic E-state index is 4.21. The van der Waals surface area contributed by atoms with Crippen molar-refractivity contribution in [3.63, 3.8) is 0 Å². The molecule has 1 rings (SSSR count). The third-order valence-electron chi connectivity index (χ3n) is 1.63. The van der Waals surface area contributed by atoms with Crippen molar-refractivity contribution in [1.29, 1.82) is 0 Å². The van der Waals surface area contributed by atoms with Crippen LogP contribution < -0.4 is 0 Å². The van der Waals surface area contributed by atoms with Crippen molar-refractivity contribution >= 4 is 11.8 Å². The van der Waals surface area contributed by atoms with Gasteiger partial charge in [0.25, 0.3) is 0 Å². The monoisotopic (exact) mass is 170 g/mol. The van der Waals surface area contributed by atoms with Crippen LogP contribution in [0.15, 0.2) is 11.2 Å². The van der Waals surface area contributed by atoms with Gasteiger partial charge >= 0.3 is 0 Å². The molecule has 0 aliphatic rings. The number of aromatic nitrogens is 2. The molecule has 0 atom stereocenters. The fourth-order valence-corrected chi connectivity index (χ4v) is 1.69. The van der Waals surface area contributed by atoms with E-state index in [-0.39, 0.29) is 0 Å². The van der Waals surface area contributed by atoms with Crippen LogP contribution >= 0.6 is 11.8 Å². The zero-order chi connectivity index (χ0) is 8.27. The van der Waals surface area contributed by atoms with Crippen molar-refractivity contribution in [3.8, 4) is 0 Å². The molecule has 11 heavy (non-hydrogen) atoms. The van der Waals surface area contributed by atoms with Crippen LogP contribution in [0.3, 0.4) is 0 Å². The van der Waals surface area contributed by atoms with E-state index in [1.165, 1.54) is 17.2 Å². The summed E-state index contributed by atoms with van der Waals surface area (Å²) in [6, 6.07) is 0. The third kappa shape index (κ3) is 1.99. The number of nitrogens with zero attached hydrogens (tertiary/aromatic N) is 2. The standard InChI is InChI=1S/C8H14N2S/c1-4-5-11-8-6-9-7(2)10(8)3/h6H,4-5H2,1-3H3. The third-order valence-corrected chi connectivity index (χ3v) is 2.92. The van der Waals surface area contributed by atoms with E-state index in [0.717, 1.165) is 5.82 Å². The number of imidazole rings is 1. The van der Waals surface area contributed by atoms with Crippen LogP contribution in [0.4, 0.5) is 0 Å². The Morgan fingerprint density at radius 3 is 2.82 bits per heavy atom. The van der Waals surface area contributed by atoms with Gasteiger partial charge < -0.3 is 4.57 Å². The lowest BCUT2D eigenvalue weighted by molar-refractivity contribution is 0.784. The molecule has 0 N–H and O–H groups in total. The van der Waals surface area contributed by atoms with Crippen molar-refractivity contribution in [2.24, 2.45) is 7.05 Å². The van der Waals surface area contributed by atoms with Gasteiger partial charge in [0.15, 0.2) is 0 Å². The van der Waals surface area contributed by atoms with Crippen molar-refractivity contribution in [3.05, 3.63) is 12.0 Å². The highest BCUT2D eigenvalue weighted by Gasteiger charge is 2.00. The molecule has 3 heteroatoms. The summed E-state index contributed by atoms with van der Waals surface area (Å²) in [5.41, 5.74) is 0. The maximum Gasteiger partial charge on any atom is 0.106 e. The van der Waals surface area contributed by atoms with Crippen LogP contribution in [0, 0.1) is 6.92 Å². The molecule has 0 bridgehead atoms. The minimum Gasteiger partial charge on any atom is -0.327 e. The SMILES string of the molecule is CCCSc1cnc(C)n1C. The summed E-state index contributed by atoms with van der Waals surface area (Å²) < 4.78 is 2.13. The summed E-state index contributed by atoms with van der Waals surface area (Å²) in [6.45, 7) is 4.21. The minimum atomic E-state index is 1.09. The smallest absolute Gasteiger partial charge is 0.106 e. The average Bonchev–Trinajstić information content (AvgIpc) is 2.31. The molecule has 0 fully saturated rings. The van der Waals surface area contributed by atoms with E-state index in [0.29, 0.717) is 0 Å². The zero-order valence-electron chi connectivity index (χ0n) is 7.29. The first-order chi connectivity index (χ1) is 5.25. The first-order valence-electron chi connectivity index (χ1n) is 3.86. The normalized spacial score (nSPS) is 10.5. The quantitative estimate of drug-likeness (QED) is 0.647. The molecule has 62 valence electrons. The molecule has 0 radical (unpaired) electrons. The van der Waals surface area contributed by atoms with Gasteiger partial charge in [0.05, 0.1) is 11.2 Å². The Kier molecular flexibility index (Phi) is 3.00. The molecule has 0 aliphatic heterocycles. The molecular weight excluding hydrogens is 156 g/mol. The van der Waals surface area contributed by atoms with Gasteiger partial charge in [-0.1, -0.05) is 6.92 Å². The molecule has 0 saturated heterocycles. The van der Waals surface area contributed by atoms with Gasteiger partial charge in [-0.3, -0.25) is 0 Å². The molecule has 0 amide bonds. The summed E-state index contributed by atoms with van der Waals surface area (Å²) in [7, 11) is 2.06. The Morgan fingerprint density at radius 2 is 2.36 bits per heavy atom. The van der Waals surface area contributed by atoms with Gasteiger partial charge in [0.2, 0.25) is 0 Å². The molecule has 1 heterocycles. The van der Waals surface area contributed by atoms with E-state index in [4.69, 9.17) is 0 Å². The molecular formula is C8H14N2S. The van der Waals surface area contributed by atoms with Crippen LogP contribution in [0.1, 0.15) is 19.2 Å². The largest absolute Gasteiger partial charge is 0.327 e. The summed E-state index contributed by atoms with van der Waals surface area (Å²) >= 11 is 1.87. The van der Waals surface area contributed by atoms with Gasteiger partial charge in [-0.05, 0) is 19.1 Å². The Labute approximate surface area is 72.0 Å².